The highest BCUT2D eigenvalue weighted by molar-refractivity contribution is 6.01. The third-order valence-corrected chi connectivity index (χ3v) is 4.75. The zero-order valence-corrected chi connectivity index (χ0v) is 15.0. The fourth-order valence-corrected chi connectivity index (χ4v) is 3.38. The Morgan fingerprint density at radius 2 is 1.96 bits per heavy atom. The van der Waals surface area contributed by atoms with Crippen LogP contribution >= 0.6 is 0 Å². The molecule has 2 amide bonds. The standard InChI is InChI=1S/C21H24N2O3/c1-26-18-11-7-10-17(14-18)22-20(25)21(13-6-5-12-19(24)23-21)15-16-8-3-2-4-9-16/h2-4,7-11,14H,5-6,12-13,15H2,1H3,(H,22,25)(H,23,24). The summed E-state index contributed by atoms with van der Waals surface area (Å²) in [5.74, 6) is 0.411. The fraction of sp³-hybridized carbons (Fsp3) is 0.333. The van der Waals surface area contributed by atoms with Gasteiger partial charge in [-0.2, -0.15) is 0 Å². The lowest BCUT2D eigenvalue weighted by atomic mass is 9.85. The number of benzene rings is 2. The van der Waals surface area contributed by atoms with E-state index in [1.807, 2.05) is 48.5 Å². The number of amides is 2. The number of rotatable bonds is 5. The van der Waals surface area contributed by atoms with Crippen molar-refractivity contribution in [1.82, 2.24) is 5.32 Å². The molecule has 136 valence electrons. The van der Waals surface area contributed by atoms with Crippen LogP contribution in [0.25, 0.3) is 0 Å². The van der Waals surface area contributed by atoms with Crippen molar-refractivity contribution in [1.29, 1.82) is 0 Å². The van der Waals surface area contributed by atoms with Gasteiger partial charge in [-0.25, -0.2) is 0 Å². The minimum atomic E-state index is -0.946. The molecule has 3 rings (SSSR count). The molecule has 5 heteroatoms. The van der Waals surface area contributed by atoms with E-state index in [0.29, 0.717) is 30.7 Å². The molecule has 1 fully saturated rings. The average Bonchev–Trinajstić information content (AvgIpc) is 2.84. The lowest BCUT2D eigenvalue weighted by molar-refractivity contribution is -0.130. The van der Waals surface area contributed by atoms with Crippen molar-refractivity contribution in [3.63, 3.8) is 0 Å². The van der Waals surface area contributed by atoms with Gasteiger partial charge in [-0.05, 0) is 30.5 Å². The molecule has 26 heavy (non-hydrogen) atoms. The van der Waals surface area contributed by atoms with Crippen molar-refractivity contribution in [2.45, 2.75) is 37.6 Å². The van der Waals surface area contributed by atoms with Crippen molar-refractivity contribution in [2.24, 2.45) is 0 Å². The molecule has 2 N–H and O–H groups in total. The predicted molar refractivity (Wildman–Crippen MR) is 101 cm³/mol. The Kier molecular flexibility index (Phi) is 5.56. The summed E-state index contributed by atoms with van der Waals surface area (Å²) in [5.41, 5.74) is 0.730. The first kappa shape index (κ1) is 18.0. The summed E-state index contributed by atoms with van der Waals surface area (Å²) in [6, 6.07) is 17.0. The van der Waals surface area contributed by atoms with Gasteiger partial charge >= 0.3 is 0 Å². The molecule has 1 unspecified atom stereocenters. The number of hydrogen-bond donors (Lipinski definition) is 2. The van der Waals surface area contributed by atoms with Gasteiger partial charge in [0.1, 0.15) is 11.3 Å². The highest BCUT2D eigenvalue weighted by Crippen LogP contribution is 2.27. The maximum absolute atomic E-state index is 13.2. The topological polar surface area (TPSA) is 67.4 Å². The van der Waals surface area contributed by atoms with Gasteiger partial charge in [0.15, 0.2) is 0 Å². The lowest BCUT2D eigenvalue weighted by Crippen LogP contribution is -2.57. The molecule has 0 saturated carbocycles. The van der Waals surface area contributed by atoms with Crippen LogP contribution < -0.4 is 15.4 Å². The SMILES string of the molecule is COc1cccc(NC(=O)C2(Cc3ccccc3)CCCCC(=O)N2)c1. The maximum Gasteiger partial charge on any atom is 0.250 e. The Balaban J connectivity index is 1.88. The van der Waals surface area contributed by atoms with E-state index in [9.17, 15) is 9.59 Å². The molecule has 2 aromatic carbocycles. The molecule has 0 aromatic heterocycles. The molecule has 1 atom stereocenters. The zero-order valence-electron chi connectivity index (χ0n) is 15.0. The summed E-state index contributed by atoms with van der Waals surface area (Å²) in [7, 11) is 1.59. The van der Waals surface area contributed by atoms with E-state index in [0.717, 1.165) is 18.4 Å². The van der Waals surface area contributed by atoms with Gasteiger partial charge in [-0.1, -0.05) is 42.8 Å². The van der Waals surface area contributed by atoms with Gasteiger partial charge in [0.05, 0.1) is 7.11 Å². The molecule has 0 spiro atoms. The third-order valence-electron chi connectivity index (χ3n) is 4.75. The van der Waals surface area contributed by atoms with Crippen LogP contribution in [0, 0.1) is 0 Å². The normalized spacial score (nSPS) is 20.0. The van der Waals surface area contributed by atoms with E-state index in [1.54, 1.807) is 13.2 Å². The second kappa shape index (κ2) is 8.04. The van der Waals surface area contributed by atoms with Gasteiger partial charge in [0, 0.05) is 24.6 Å². The molecule has 1 heterocycles. The Bertz CT molecular complexity index is 776. The van der Waals surface area contributed by atoms with Crippen LogP contribution in [-0.4, -0.2) is 24.5 Å². The Morgan fingerprint density at radius 1 is 1.15 bits per heavy atom. The summed E-state index contributed by atoms with van der Waals surface area (Å²) in [6.07, 6.45) is 3.17. The molecule has 0 aliphatic carbocycles. The zero-order chi connectivity index (χ0) is 18.4. The van der Waals surface area contributed by atoms with Gasteiger partial charge in [-0.15, -0.1) is 0 Å². The molecule has 1 aliphatic rings. The van der Waals surface area contributed by atoms with Crippen molar-refractivity contribution in [3.8, 4) is 5.75 Å². The second-order valence-corrected chi connectivity index (χ2v) is 6.69. The summed E-state index contributed by atoms with van der Waals surface area (Å²) in [4.78, 5) is 25.5. The first-order valence-corrected chi connectivity index (χ1v) is 8.92. The quantitative estimate of drug-likeness (QED) is 0.867. The van der Waals surface area contributed by atoms with Crippen LogP contribution in [0.15, 0.2) is 54.6 Å². The van der Waals surface area contributed by atoms with Gasteiger partial charge in [0.25, 0.3) is 0 Å². The summed E-state index contributed by atoms with van der Waals surface area (Å²) >= 11 is 0. The van der Waals surface area contributed by atoms with Crippen LogP contribution in [-0.2, 0) is 16.0 Å². The Hall–Kier alpha value is -2.82. The molecule has 5 nitrogen and oxygen atoms in total. The number of nitrogens with one attached hydrogen (secondary N) is 2. The fourth-order valence-electron chi connectivity index (χ4n) is 3.38. The number of ether oxygens (including phenoxy) is 1. The molecular formula is C21H24N2O3. The summed E-state index contributed by atoms with van der Waals surface area (Å²) < 4.78 is 5.22. The van der Waals surface area contributed by atoms with Gasteiger partial charge in [-0.3, -0.25) is 9.59 Å². The van der Waals surface area contributed by atoms with Crippen molar-refractivity contribution in [2.75, 3.05) is 12.4 Å². The van der Waals surface area contributed by atoms with E-state index >= 15 is 0 Å². The van der Waals surface area contributed by atoms with Crippen molar-refractivity contribution >= 4 is 17.5 Å². The maximum atomic E-state index is 13.2. The second-order valence-electron chi connectivity index (χ2n) is 6.69. The number of carbonyl (C=O) groups is 2. The predicted octanol–water partition coefficient (Wildman–Crippen LogP) is 3.31. The van der Waals surface area contributed by atoms with E-state index in [1.165, 1.54) is 0 Å². The molecule has 1 aliphatic heterocycles. The Morgan fingerprint density at radius 3 is 2.73 bits per heavy atom. The van der Waals surface area contributed by atoms with Crippen molar-refractivity contribution in [3.05, 3.63) is 60.2 Å². The summed E-state index contributed by atoms with van der Waals surface area (Å²) in [6.45, 7) is 0. The number of hydrogen-bond acceptors (Lipinski definition) is 3. The number of anilines is 1. The first-order valence-electron chi connectivity index (χ1n) is 8.92. The molecule has 1 saturated heterocycles. The highest BCUT2D eigenvalue weighted by atomic mass is 16.5. The Labute approximate surface area is 153 Å². The van der Waals surface area contributed by atoms with Crippen LogP contribution in [0.5, 0.6) is 5.75 Å². The molecule has 0 radical (unpaired) electrons. The molecule has 2 aromatic rings. The monoisotopic (exact) mass is 352 g/mol. The highest BCUT2D eigenvalue weighted by Gasteiger charge is 2.40. The van der Waals surface area contributed by atoms with E-state index in [4.69, 9.17) is 4.74 Å². The molecule has 0 bridgehead atoms. The van der Waals surface area contributed by atoms with Crippen LogP contribution in [0.1, 0.15) is 31.2 Å². The largest absolute Gasteiger partial charge is 0.497 e. The minimum absolute atomic E-state index is 0.0702. The van der Waals surface area contributed by atoms with E-state index in [-0.39, 0.29) is 11.8 Å². The average molecular weight is 352 g/mol. The first-order chi connectivity index (χ1) is 12.6. The van der Waals surface area contributed by atoms with Crippen LogP contribution in [0.3, 0.4) is 0 Å². The minimum Gasteiger partial charge on any atom is -0.497 e. The third kappa shape index (κ3) is 4.23. The van der Waals surface area contributed by atoms with Crippen LogP contribution in [0.2, 0.25) is 0 Å². The summed E-state index contributed by atoms with van der Waals surface area (Å²) in [5, 5.41) is 5.97. The van der Waals surface area contributed by atoms with E-state index in [2.05, 4.69) is 10.6 Å². The van der Waals surface area contributed by atoms with Crippen molar-refractivity contribution < 1.29 is 14.3 Å². The van der Waals surface area contributed by atoms with E-state index < -0.39 is 5.54 Å². The smallest absolute Gasteiger partial charge is 0.250 e. The number of carbonyl (C=O) groups excluding carboxylic acids is 2. The number of methoxy groups -OCH3 is 1. The lowest BCUT2D eigenvalue weighted by Gasteiger charge is -2.32. The van der Waals surface area contributed by atoms with Gasteiger partial charge in [0.2, 0.25) is 11.8 Å². The van der Waals surface area contributed by atoms with Crippen LogP contribution in [0.4, 0.5) is 5.69 Å². The molecular weight excluding hydrogens is 328 g/mol. The van der Waals surface area contributed by atoms with Gasteiger partial charge < -0.3 is 15.4 Å².